The number of anilines is 3. The molecule has 0 saturated carbocycles. The monoisotopic (exact) mass is 790 g/mol. The van der Waals surface area contributed by atoms with E-state index in [2.05, 4.69) is 264 Å². The molecule has 11 rings (SSSR count). The molecule has 2 heteroatoms. The van der Waals surface area contributed by atoms with E-state index in [0.29, 0.717) is 0 Å². The van der Waals surface area contributed by atoms with Gasteiger partial charge in [0, 0.05) is 33.4 Å². The topological polar surface area (TPSA) is 8.17 Å². The van der Waals surface area contributed by atoms with Gasteiger partial charge in [0.15, 0.2) is 0 Å². The van der Waals surface area contributed by atoms with Gasteiger partial charge in [-0.3, -0.25) is 0 Å². The summed E-state index contributed by atoms with van der Waals surface area (Å²) in [7, 11) is 0. The van der Waals surface area contributed by atoms with Crippen LogP contribution in [0.25, 0.3) is 83.1 Å². The van der Waals surface area contributed by atoms with Crippen LogP contribution in [0.3, 0.4) is 0 Å². The number of aromatic nitrogens is 1. The zero-order valence-corrected chi connectivity index (χ0v) is 34.1. The Balaban J connectivity index is 1.04. The van der Waals surface area contributed by atoms with Gasteiger partial charge in [-0.1, -0.05) is 200 Å². The number of rotatable bonds is 9. The summed E-state index contributed by atoms with van der Waals surface area (Å²) in [5.41, 5.74) is 17.5. The van der Waals surface area contributed by atoms with E-state index >= 15 is 0 Å². The van der Waals surface area contributed by atoms with E-state index in [0.717, 1.165) is 22.6 Å². The maximum atomic E-state index is 2.48. The Morgan fingerprint density at radius 2 is 0.677 bits per heavy atom. The Bertz CT molecular complexity index is 3190. The lowest BCUT2D eigenvalue weighted by Crippen LogP contribution is -2.09. The van der Waals surface area contributed by atoms with Gasteiger partial charge in [0.05, 0.1) is 16.9 Å². The third-order valence-electron chi connectivity index (χ3n) is 12.0. The van der Waals surface area contributed by atoms with Crippen LogP contribution in [0.4, 0.5) is 17.1 Å². The second kappa shape index (κ2) is 16.1. The van der Waals surface area contributed by atoms with Crippen molar-refractivity contribution in [2.45, 2.75) is 0 Å². The Hall–Kier alpha value is -8.20. The molecular weight excluding hydrogens is 749 g/mol. The van der Waals surface area contributed by atoms with Gasteiger partial charge in [0.25, 0.3) is 0 Å². The van der Waals surface area contributed by atoms with Crippen LogP contribution in [0.15, 0.2) is 255 Å². The summed E-state index contributed by atoms with van der Waals surface area (Å²) >= 11 is 0. The first kappa shape index (κ1) is 36.8. The summed E-state index contributed by atoms with van der Waals surface area (Å²) in [6, 6.07) is 92.0. The van der Waals surface area contributed by atoms with Crippen LogP contribution in [-0.2, 0) is 0 Å². The van der Waals surface area contributed by atoms with Crippen LogP contribution in [0.2, 0.25) is 0 Å². The van der Waals surface area contributed by atoms with E-state index in [1.807, 2.05) is 0 Å². The predicted octanol–water partition coefficient (Wildman–Crippen LogP) is 16.6. The van der Waals surface area contributed by atoms with Crippen molar-refractivity contribution >= 4 is 38.7 Å². The van der Waals surface area contributed by atoms with Crippen LogP contribution >= 0.6 is 0 Å². The third kappa shape index (κ3) is 6.84. The standard InChI is InChI=1S/C60H42N2/c1-5-16-43(17-6-1)45-28-35-52(36-29-45)61(53-37-30-46(31-38-53)44-18-7-2-8-19-44)54-39-32-47(33-40-54)51-34-41-58-56(42-51)59(49-21-9-3-10-22-49)60(50-23-11-4-12-24-50)62(58)57-27-15-25-48-20-13-14-26-55(48)57/h1-42H. The van der Waals surface area contributed by atoms with Gasteiger partial charge in [0.2, 0.25) is 0 Å². The fourth-order valence-electron chi connectivity index (χ4n) is 9.01. The molecule has 0 fully saturated rings. The van der Waals surface area contributed by atoms with Crippen LogP contribution in [0.1, 0.15) is 0 Å². The first-order valence-electron chi connectivity index (χ1n) is 21.3. The molecule has 0 radical (unpaired) electrons. The molecule has 0 unspecified atom stereocenters. The summed E-state index contributed by atoms with van der Waals surface area (Å²) in [5.74, 6) is 0. The third-order valence-corrected chi connectivity index (χ3v) is 12.0. The lowest BCUT2D eigenvalue weighted by Gasteiger charge is -2.26. The fourth-order valence-corrected chi connectivity index (χ4v) is 9.01. The van der Waals surface area contributed by atoms with E-state index in [-0.39, 0.29) is 0 Å². The van der Waals surface area contributed by atoms with Crippen molar-refractivity contribution in [1.82, 2.24) is 4.57 Å². The highest BCUT2D eigenvalue weighted by atomic mass is 15.1. The van der Waals surface area contributed by atoms with Gasteiger partial charge in [-0.05, 0) is 104 Å². The summed E-state index contributed by atoms with van der Waals surface area (Å²) in [4.78, 5) is 2.35. The summed E-state index contributed by atoms with van der Waals surface area (Å²) < 4.78 is 2.48. The molecule has 0 atom stereocenters. The molecule has 10 aromatic carbocycles. The summed E-state index contributed by atoms with van der Waals surface area (Å²) in [6.45, 7) is 0. The highest BCUT2D eigenvalue weighted by molar-refractivity contribution is 6.08. The van der Waals surface area contributed by atoms with Crippen LogP contribution in [0.5, 0.6) is 0 Å². The molecule has 0 N–H and O–H groups in total. The number of benzene rings is 10. The highest BCUT2D eigenvalue weighted by Crippen LogP contribution is 2.45. The van der Waals surface area contributed by atoms with Gasteiger partial charge in [0.1, 0.15) is 0 Å². The van der Waals surface area contributed by atoms with Crippen molar-refractivity contribution in [2.75, 3.05) is 4.90 Å². The van der Waals surface area contributed by atoms with Crippen molar-refractivity contribution in [3.8, 4) is 61.5 Å². The molecule has 0 saturated heterocycles. The first-order valence-corrected chi connectivity index (χ1v) is 21.3. The smallest absolute Gasteiger partial charge is 0.0619 e. The Labute approximate surface area is 362 Å². The molecule has 0 amide bonds. The molecule has 2 nitrogen and oxygen atoms in total. The molecule has 1 heterocycles. The summed E-state index contributed by atoms with van der Waals surface area (Å²) in [5, 5.41) is 3.65. The van der Waals surface area contributed by atoms with Crippen molar-refractivity contribution < 1.29 is 0 Å². The second-order valence-electron chi connectivity index (χ2n) is 15.7. The van der Waals surface area contributed by atoms with E-state index in [9.17, 15) is 0 Å². The fraction of sp³-hybridized carbons (Fsp3) is 0. The van der Waals surface area contributed by atoms with E-state index in [4.69, 9.17) is 0 Å². The first-order chi connectivity index (χ1) is 30.8. The zero-order valence-electron chi connectivity index (χ0n) is 34.1. The van der Waals surface area contributed by atoms with Gasteiger partial charge < -0.3 is 9.47 Å². The average Bonchev–Trinajstić information content (AvgIpc) is 3.70. The van der Waals surface area contributed by atoms with E-state index in [1.165, 1.54) is 77.6 Å². The lowest BCUT2D eigenvalue weighted by molar-refractivity contribution is 1.15. The average molecular weight is 791 g/mol. The van der Waals surface area contributed by atoms with Gasteiger partial charge in [-0.25, -0.2) is 0 Å². The SMILES string of the molecule is c1ccc(-c2ccc(N(c3ccc(-c4ccccc4)cc3)c3ccc(-c4ccc5c(c4)c(-c4ccccc4)c(-c4ccccc4)n5-c4cccc5ccccc45)cc3)cc2)cc1. The maximum Gasteiger partial charge on any atom is 0.0619 e. The van der Waals surface area contributed by atoms with Gasteiger partial charge in [-0.2, -0.15) is 0 Å². The molecular formula is C60H42N2. The number of fused-ring (bicyclic) bond motifs is 2. The Morgan fingerprint density at radius 1 is 0.274 bits per heavy atom. The molecule has 0 spiro atoms. The Morgan fingerprint density at radius 3 is 1.21 bits per heavy atom. The van der Waals surface area contributed by atoms with Gasteiger partial charge >= 0.3 is 0 Å². The molecule has 1 aromatic heterocycles. The highest BCUT2D eigenvalue weighted by Gasteiger charge is 2.23. The molecule has 292 valence electrons. The zero-order chi connectivity index (χ0) is 41.2. The van der Waals surface area contributed by atoms with E-state index in [1.54, 1.807) is 0 Å². The number of nitrogens with zero attached hydrogens (tertiary/aromatic N) is 2. The summed E-state index contributed by atoms with van der Waals surface area (Å²) in [6.07, 6.45) is 0. The minimum absolute atomic E-state index is 1.09. The quantitative estimate of drug-likeness (QED) is 0.141. The maximum absolute atomic E-state index is 2.48. The van der Waals surface area contributed by atoms with E-state index < -0.39 is 0 Å². The second-order valence-corrected chi connectivity index (χ2v) is 15.7. The largest absolute Gasteiger partial charge is 0.311 e. The predicted molar refractivity (Wildman–Crippen MR) is 263 cm³/mol. The van der Waals surface area contributed by atoms with Crippen molar-refractivity contribution in [3.05, 3.63) is 255 Å². The lowest BCUT2D eigenvalue weighted by atomic mass is 9.96. The van der Waals surface area contributed by atoms with Crippen molar-refractivity contribution in [3.63, 3.8) is 0 Å². The molecule has 0 aliphatic heterocycles. The van der Waals surface area contributed by atoms with Gasteiger partial charge in [-0.15, -0.1) is 0 Å². The number of hydrogen-bond acceptors (Lipinski definition) is 1. The van der Waals surface area contributed by atoms with Crippen LogP contribution in [-0.4, -0.2) is 4.57 Å². The normalized spacial score (nSPS) is 11.2. The molecule has 0 aliphatic carbocycles. The molecule has 0 aliphatic rings. The van der Waals surface area contributed by atoms with Crippen molar-refractivity contribution in [2.24, 2.45) is 0 Å². The molecule has 0 bridgehead atoms. The minimum Gasteiger partial charge on any atom is -0.311 e. The van der Waals surface area contributed by atoms with Crippen LogP contribution in [0, 0.1) is 0 Å². The van der Waals surface area contributed by atoms with Crippen LogP contribution < -0.4 is 4.90 Å². The number of hydrogen-bond donors (Lipinski definition) is 0. The van der Waals surface area contributed by atoms with Crippen molar-refractivity contribution in [1.29, 1.82) is 0 Å². The molecule has 11 aromatic rings. The minimum atomic E-state index is 1.09. The Kier molecular flexibility index (Phi) is 9.57. The molecule has 62 heavy (non-hydrogen) atoms.